The van der Waals surface area contributed by atoms with Crippen LogP contribution in [-0.4, -0.2) is 40.2 Å². The number of aliphatic hydroxyl groups is 4. The van der Waals surface area contributed by atoms with Gasteiger partial charge in [-0.25, -0.2) is 0 Å². The lowest BCUT2D eigenvalue weighted by molar-refractivity contribution is 0.197. The van der Waals surface area contributed by atoms with E-state index in [0.717, 1.165) is 55.6 Å². The second-order valence-corrected chi connectivity index (χ2v) is 16.8. The summed E-state index contributed by atoms with van der Waals surface area (Å²) < 4.78 is 0. The fourth-order valence-corrected chi connectivity index (χ4v) is 10.1. The van der Waals surface area contributed by atoms with Crippen molar-refractivity contribution in [2.45, 2.75) is 69.8 Å². The zero-order valence-corrected chi connectivity index (χ0v) is 31.6. The van der Waals surface area contributed by atoms with Gasteiger partial charge in [0.1, 0.15) is 0 Å². The summed E-state index contributed by atoms with van der Waals surface area (Å²) in [6.07, 6.45) is 1.87. The van der Waals surface area contributed by atoms with Gasteiger partial charge < -0.3 is 20.4 Å². The van der Waals surface area contributed by atoms with Crippen molar-refractivity contribution in [1.82, 2.24) is 0 Å². The number of hydrogen-bond donors (Lipinski definition) is 4. The smallest absolute Gasteiger partial charge is 0.0681 e. The number of hydrogen-bond acceptors (Lipinski definition) is 4. The third-order valence-corrected chi connectivity index (χ3v) is 13.1. The van der Waals surface area contributed by atoms with Crippen molar-refractivity contribution >= 4 is 0 Å². The number of benzene rings is 6. The van der Waals surface area contributed by atoms with E-state index in [1.54, 1.807) is 0 Å². The molecule has 1 atom stereocenters. The topological polar surface area (TPSA) is 80.9 Å². The molecule has 4 N–H and O–H groups in total. The van der Waals surface area contributed by atoms with E-state index in [4.69, 9.17) is 0 Å². The second kappa shape index (κ2) is 12.6. The van der Waals surface area contributed by atoms with Crippen LogP contribution in [0.2, 0.25) is 0 Å². The Labute approximate surface area is 318 Å². The van der Waals surface area contributed by atoms with E-state index in [0.29, 0.717) is 19.3 Å². The molecule has 1 unspecified atom stereocenters. The van der Waals surface area contributed by atoms with Crippen LogP contribution in [0.25, 0.3) is 55.6 Å². The fourth-order valence-electron chi connectivity index (χ4n) is 10.1. The van der Waals surface area contributed by atoms with E-state index >= 15 is 0 Å². The van der Waals surface area contributed by atoms with Crippen LogP contribution in [0, 0.1) is 0 Å². The van der Waals surface area contributed by atoms with E-state index in [2.05, 4.69) is 131 Å². The highest BCUT2D eigenvalue weighted by Gasteiger charge is 2.43. The van der Waals surface area contributed by atoms with E-state index in [-0.39, 0.29) is 37.3 Å². The highest BCUT2D eigenvalue weighted by Crippen LogP contribution is 2.55. The molecule has 0 saturated heterocycles. The Balaban J connectivity index is 1.11. The normalized spacial score (nSPS) is 17.8. The van der Waals surface area contributed by atoms with Gasteiger partial charge in [0.15, 0.2) is 0 Å². The zero-order valence-electron chi connectivity index (χ0n) is 31.6. The van der Waals surface area contributed by atoms with Gasteiger partial charge in [0.25, 0.3) is 0 Å². The van der Waals surface area contributed by atoms with Gasteiger partial charge in [0.05, 0.1) is 13.2 Å². The Bertz CT molecular complexity index is 2490. The number of rotatable bonds is 9. The summed E-state index contributed by atoms with van der Waals surface area (Å²) in [5.74, 6) is 0. The summed E-state index contributed by atoms with van der Waals surface area (Å²) in [5.41, 5.74) is 20.2. The molecule has 0 fully saturated rings. The molecule has 0 bridgehead atoms. The predicted molar refractivity (Wildman–Crippen MR) is 219 cm³/mol. The lowest BCUT2D eigenvalue weighted by Gasteiger charge is -2.30. The standard InChI is InChI=1S/C50H48O4/c1-48(2)42-22-30(18-21-52)6-12-36(42)38-14-8-32(24-44(38)48)34-10-16-40-41-17-11-35(27-47(41)50(29-54,19-5-20-51)46(40)26-34)33-9-15-39-37-13-7-31(28-53)23-43(37)49(3,4)45(39)25-33/h6-17,22-27,51-54H,5,18-21,28-29H2,1-4H3. The first-order valence-electron chi connectivity index (χ1n) is 19.4. The lowest BCUT2D eigenvalue weighted by atomic mass is 9.74. The maximum absolute atomic E-state index is 11.4. The van der Waals surface area contributed by atoms with Gasteiger partial charge >= 0.3 is 0 Å². The molecule has 6 aromatic carbocycles. The molecule has 0 saturated carbocycles. The second-order valence-electron chi connectivity index (χ2n) is 16.8. The van der Waals surface area contributed by atoms with Crippen molar-refractivity contribution in [1.29, 1.82) is 0 Å². The van der Waals surface area contributed by atoms with Crippen molar-refractivity contribution in [2.75, 3.05) is 19.8 Å². The van der Waals surface area contributed by atoms with Gasteiger partial charge in [0, 0.05) is 29.5 Å². The molecule has 0 spiro atoms. The van der Waals surface area contributed by atoms with Gasteiger partial charge in [-0.05, 0) is 144 Å². The van der Waals surface area contributed by atoms with E-state index < -0.39 is 5.41 Å². The predicted octanol–water partition coefficient (Wildman–Crippen LogP) is 9.69. The van der Waals surface area contributed by atoms with Gasteiger partial charge in [-0.1, -0.05) is 113 Å². The Morgan fingerprint density at radius 1 is 0.407 bits per heavy atom. The van der Waals surface area contributed by atoms with Gasteiger partial charge in [0.2, 0.25) is 0 Å². The Kier molecular flexibility index (Phi) is 8.15. The summed E-state index contributed by atoms with van der Waals surface area (Å²) in [4.78, 5) is 0. The van der Waals surface area contributed by atoms with Crippen molar-refractivity contribution in [3.8, 4) is 55.6 Å². The quantitative estimate of drug-likeness (QED) is 0.120. The van der Waals surface area contributed by atoms with Crippen LogP contribution in [0.4, 0.5) is 0 Å². The molecule has 0 aliphatic heterocycles. The summed E-state index contributed by atoms with van der Waals surface area (Å²) in [6, 6.07) is 39.9. The van der Waals surface area contributed by atoms with Gasteiger partial charge in [-0.2, -0.15) is 0 Å². The average Bonchev–Trinajstić information content (AvgIpc) is 3.69. The summed E-state index contributed by atoms with van der Waals surface area (Å²) in [7, 11) is 0. The van der Waals surface area contributed by atoms with Crippen LogP contribution in [0.5, 0.6) is 0 Å². The number of aliphatic hydroxyl groups excluding tert-OH is 4. The monoisotopic (exact) mass is 712 g/mol. The fraction of sp³-hybridized carbons (Fsp3) is 0.280. The minimum atomic E-state index is -0.651. The molecule has 4 nitrogen and oxygen atoms in total. The molecular formula is C50H48O4. The van der Waals surface area contributed by atoms with Gasteiger partial charge in [-0.15, -0.1) is 0 Å². The first-order valence-corrected chi connectivity index (χ1v) is 19.4. The van der Waals surface area contributed by atoms with E-state index in [9.17, 15) is 20.4 Å². The maximum atomic E-state index is 11.4. The maximum Gasteiger partial charge on any atom is 0.0681 e. The molecule has 0 radical (unpaired) electrons. The summed E-state index contributed by atoms with van der Waals surface area (Å²) in [5, 5.41) is 41.0. The van der Waals surface area contributed by atoms with Crippen LogP contribution in [0.1, 0.15) is 85.0 Å². The molecular weight excluding hydrogens is 665 g/mol. The first kappa shape index (κ1) is 34.9. The molecule has 0 amide bonds. The third kappa shape index (κ3) is 4.97. The van der Waals surface area contributed by atoms with Crippen LogP contribution >= 0.6 is 0 Å². The molecule has 3 aliphatic rings. The lowest BCUT2D eigenvalue weighted by Crippen LogP contribution is -2.30. The SMILES string of the molecule is CC1(C)c2cc(CO)ccc2-c2ccc(-c3ccc4c(c3)C(CO)(CCCO)c3cc(-c5ccc6c(c5)C(C)(C)c5cc(CCO)ccc5-6)ccc3-4)cc21. The van der Waals surface area contributed by atoms with Crippen LogP contribution in [-0.2, 0) is 29.3 Å². The molecule has 9 rings (SSSR count). The van der Waals surface area contributed by atoms with Crippen LogP contribution < -0.4 is 0 Å². The highest BCUT2D eigenvalue weighted by molar-refractivity contribution is 5.89. The Morgan fingerprint density at radius 2 is 0.778 bits per heavy atom. The molecule has 0 aromatic heterocycles. The molecule has 4 heteroatoms. The van der Waals surface area contributed by atoms with E-state index in [1.807, 2.05) is 6.07 Å². The average molecular weight is 713 g/mol. The van der Waals surface area contributed by atoms with E-state index in [1.165, 1.54) is 44.5 Å². The largest absolute Gasteiger partial charge is 0.396 e. The number of fused-ring (bicyclic) bond motifs is 9. The Hall–Kier alpha value is -4.84. The first-order chi connectivity index (χ1) is 26.0. The molecule has 3 aliphatic carbocycles. The van der Waals surface area contributed by atoms with Crippen LogP contribution in [0.15, 0.2) is 109 Å². The molecule has 6 aromatic rings. The Morgan fingerprint density at radius 3 is 1.19 bits per heavy atom. The molecule has 54 heavy (non-hydrogen) atoms. The van der Waals surface area contributed by atoms with Gasteiger partial charge in [-0.3, -0.25) is 0 Å². The minimum absolute atomic E-state index is 0.0283. The van der Waals surface area contributed by atoms with Crippen molar-refractivity contribution in [3.63, 3.8) is 0 Å². The summed E-state index contributed by atoms with van der Waals surface area (Å²) in [6.45, 7) is 9.29. The molecule has 0 heterocycles. The zero-order chi connectivity index (χ0) is 37.6. The van der Waals surface area contributed by atoms with Crippen molar-refractivity contribution < 1.29 is 20.4 Å². The van der Waals surface area contributed by atoms with Crippen molar-refractivity contribution in [2.24, 2.45) is 0 Å². The van der Waals surface area contributed by atoms with Crippen LogP contribution in [0.3, 0.4) is 0 Å². The highest BCUT2D eigenvalue weighted by atomic mass is 16.3. The third-order valence-electron chi connectivity index (χ3n) is 13.1. The van der Waals surface area contributed by atoms with Crippen molar-refractivity contribution in [3.05, 3.63) is 154 Å². The summed E-state index contributed by atoms with van der Waals surface area (Å²) >= 11 is 0. The minimum Gasteiger partial charge on any atom is -0.396 e. The molecule has 272 valence electrons.